The van der Waals surface area contributed by atoms with Gasteiger partial charge in [-0.05, 0) is 45.4 Å². The van der Waals surface area contributed by atoms with Crippen LogP contribution in [0, 0.1) is 6.92 Å². The van der Waals surface area contributed by atoms with Gasteiger partial charge in [0.25, 0.3) is 0 Å². The maximum absolute atomic E-state index is 6.03. The molecule has 2 saturated heterocycles. The SMILES string of the molecule is CCNC(=NCc1coc(-c2ccc(C)cc2)n1)NCC1CN2CCCC2CO1.I. The topological polar surface area (TPSA) is 74.9 Å². The van der Waals surface area contributed by atoms with Gasteiger partial charge in [0.2, 0.25) is 5.89 Å². The highest BCUT2D eigenvalue weighted by atomic mass is 127. The molecular formula is C22H32IN5O2. The Morgan fingerprint density at radius 1 is 1.27 bits per heavy atom. The second kappa shape index (κ2) is 11.1. The molecule has 7 nitrogen and oxygen atoms in total. The minimum Gasteiger partial charge on any atom is -0.444 e. The molecule has 0 saturated carbocycles. The number of hydrogen-bond donors (Lipinski definition) is 2. The van der Waals surface area contributed by atoms with Gasteiger partial charge in [-0.15, -0.1) is 24.0 Å². The van der Waals surface area contributed by atoms with Crippen LogP contribution in [0.1, 0.15) is 31.0 Å². The van der Waals surface area contributed by atoms with E-state index in [-0.39, 0.29) is 30.1 Å². The number of ether oxygens (including phenoxy) is 1. The fraction of sp³-hybridized carbons (Fsp3) is 0.545. The van der Waals surface area contributed by atoms with Crippen LogP contribution in [0.15, 0.2) is 39.9 Å². The minimum absolute atomic E-state index is 0. The molecule has 1 aromatic heterocycles. The van der Waals surface area contributed by atoms with Crippen LogP contribution < -0.4 is 10.6 Å². The molecule has 30 heavy (non-hydrogen) atoms. The quantitative estimate of drug-likeness (QED) is 0.343. The number of benzene rings is 1. The highest BCUT2D eigenvalue weighted by Crippen LogP contribution is 2.22. The molecule has 2 aliphatic rings. The number of hydrogen-bond acceptors (Lipinski definition) is 5. The molecule has 0 radical (unpaired) electrons. The molecule has 2 aliphatic heterocycles. The average Bonchev–Trinajstić information content (AvgIpc) is 3.39. The number of aryl methyl sites for hydroxylation is 1. The van der Waals surface area contributed by atoms with Crippen molar-refractivity contribution in [3.05, 3.63) is 41.8 Å². The number of aliphatic imine (C=N–C) groups is 1. The summed E-state index contributed by atoms with van der Waals surface area (Å²) in [5.74, 6) is 1.41. The van der Waals surface area contributed by atoms with Gasteiger partial charge < -0.3 is 19.8 Å². The molecular weight excluding hydrogens is 493 g/mol. The number of guanidine groups is 1. The third kappa shape index (κ3) is 5.95. The van der Waals surface area contributed by atoms with Crippen molar-refractivity contribution in [1.82, 2.24) is 20.5 Å². The van der Waals surface area contributed by atoms with E-state index in [2.05, 4.69) is 51.5 Å². The van der Waals surface area contributed by atoms with Gasteiger partial charge in [0, 0.05) is 31.2 Å². The summed E-state index contributed by atoms with van der Waals surface area (Å²) in [5, 5.41) is 6.71. The van der Waals surface area contributed by atoms with E-state index in [1.165, 1.54) is 24.9 Å². The summed E-state index contributed by atoms with van der Waals surface area (Å²) in [4.78, 5) is 11.8. The second-order valence-electron chi connectivity index (χ2n) is 7.83. The fourth-order valence-electron chi connectivity index (χ4n) is 3.93. The Hall–Kier alpha value is -1.65. The number of halogens is 1. The second-order valence-corrected chi connectivity index (χ2v) is 7.83. The lowest BCUT2D eigenvalue weighted by Gasteiger charge is -2.35. The van der Waals surface area contributed by atoms with E-state index >= 15 is 0 Å². The van der Waals surface area contributed by atoms with Crippen molar-refractivity contribution in [2.24, 2.45) is 4.99 Å². The molecule has 0 aliphatic carbocycles. The molecule has 8 heteroatoms. The number of rotatable bonds is 6. The lowest BCUT2D eigenvalue weighted by atomic mass is 10.1. The number of nitrogens with zero attached hydrogens (tertiary/aromatic N) is 3. The Bertz CT molecular complexity index is 823. The third-order valence-corrected chi connectivity index (χ3v) is 5.55. The molecule has 0 bridgehead atoms. The fourth-order valence-corrected chi connectivity index (χ4v) is 3.93. The van der Waals surface area contributed by atoms with Crippen LogP contribution in [0.5, 0.6) is 0 Å². The average molecular weight is 525 g/mol. The van der Waals surface area contributed by atoms with Crippen molar-refractivity contribution in [2.75, 3.05) is 32.8 Å². The van der Waals surface area contributed by atoms with Crippen LogP contribution in [0.3, 0.4) is 0 Å². The minimum atomic E-state index is 0. The van der Waals surface area contributed by atoms with Crippen molar-refractivity contribution < 1.29 is 9.15 Å². The predicted molar refractivity (Wildman–Crippen MR) is 129 cm³/mol. The number of nitrogens with one attached hydrogen (secondary N) is 2. The van der Waals surface area contributed by atoms with Gasteiger partial charge in [0.1, 0.15) is 12.0 Å². The Labute approximate surface area is 195 Å². The van der Waals surface area contributed by atoms with Gasteiger partial charge in [-0.2, -0.15) is 0 Å². The van der Waals surface area contributed by atoms with Crippen molar-refractivity contribution in [1.29, 1.82) is 0 Å². The predicted octanol–water partition coefficient (Wildman–Crippen LogP) is 3.19. The summed E-state index contributed by atoms with van der Waals surface area (Å²) in [7, 11) is 0. The standard InChI is InChI=1S/C22H31N5O2.HI/c1-3-23-22(25-12-20-13-27-10-4-5-19(27)15-28-20)24-11-18-14-29-21(26-18)17-8-6-16(2)7-9-17;/h6-9,14,19-20H,3-5,10-13,15H2,1-2H3,(H2,23,24,25);1H. The summed E-state index contributed by atoms with van der Waals surface area (Å²) in [6, 6.07) is 8.79. The molecule has 0 amide bonds. The van der Waals surface area contributed by atoms with Gasteiger partial charge in [-0.25, -0.2) is 9.98 Å². The van der Waals surface area contributed by atoms with Crippen molar-refractivity contribution in [3.8, 4) is 11.5 Å². The normalized spacial score (nSPS) is 21.7. The summed E-state index contributed by atoms with van der Waals surface area (Å²) in [6.07, 6.45) is 4.45. The van der Waals surface area contributed by atoms with E-state index in [1.54, 1.807) is 6.26 Å². The van der Waals surface area contributed by atoms with Crippen LogP contribution in [-0.2, 0) is 11.3 Å². The van der Waals surface area contributed by atoms with E-state index in [0.717, 1.165) is 43.5 Å². The Kier molecular flexibility index (Phi) is 8.52. The maximum Gasteiger partial charge on any atom is 0.226 e. The first-order chi connectivity index (χ1) is 14.2. The first-order valence-corrected chi connectivity index (χ1v) is 10.6. The zero-order valence-electron chi connectivity index (χ0n) is 17.8. The molecule has 2 atom stereocenters. The van der Waals surface area contributed by atoms with Crippen LogP contribution in [0.25, 0.3) is 11.5 Å². The summed E-state index contributed by atoms with van der Waals surface area (Å²) >= 11 is 0. The monoisotopic (exact) mass is 525 g/mol. The van der Waals surface area contributed by atoms with Crippen molar-refractivity contribution >= 4 is 29.9 Å². The van der Waals surface area contributed by atoms with Gasteiger partial charge in [-0.3, -0.25) is 4.90 Å². The Morgan fingerprint density at radius 3 is 2.90 bits per heavy atom. The Morgan fingerprint density at radius 2 is 2.10 bits per heavy atom. The molecule has 2 unspecified atom stereocenters. The maximum atomic E-state index is 6.03. The van der Waals surface area contributed by atoms with Crippen LogP contribution >= 0.6 is 24.0 Å². The van der Waals surface area contributed by atoms with Gasteiger partial charge in [0.15, 0.2) is 5.96 Å². The smallest absolute Gasteiger partial charge is 0.226 e. The zero-order valence-corrected chi connectivity index (χ0v) is 20.1. The first-order valence-electron chi connectivity index (χ1n) is 10.6. The van der Waals surface area contributed by atoms with Crippen molar-refractivity contribution in [2.45, 2.75) is 45.4 Å². The summed E-state index contributed by atoms with van der Waals surface area (Å²) in [5.41, 5.74) is 3.01. The number of oxazole rings is 1. The molecule has 1 aromatic carbocycles. The van der Waals surface area contributed by atoms with Gasteiger partial charge >= 0.3 is 0 Å². The van der Waals surface area contributed by atoms with Crippen LogP contribution in [0.2, 0.25) is 0 Å². The third-order valence-electron chi connectivity index (χ3n) is 5.55. The van der Waals surface area contributed by atoms with E-state index < -0.39 is 0 Å². The van der Waals surface area contributed by atoms with Crippen LogP contribution in [-0.4, -0.2) is 60.8 Å². The number of aromatic nitrogens is 1. The molecule has 0 spiro atoms. The molecule has 4 rings (SSSR count). The molecule has 2 N–H and O–H groups in total. The Balaban J connectivity index is 0.00000256. The lowest BCUT2D eigenvalue weighted by molar-refractivity contribution is -0.0453. The van der Waals surface area contributed by atoms with E-state index in [1.807, 2.05) is 12.1 Å². The van der Waals surface area contributed by atoms with Crippen LogP contribution in [0.4, 0.5) is 0 Å². The van der Waals surface area contributed by atoms with Gasteiger partial charge in [0.05, 0.1) is 19.3 Å². The molecule has 164 valence electrons. The molecule has 3 heterocycles. The molecule has 2 fully saturated rings. The summed E-state index contributed by atoms with van der Waals surface area (Å²) in [6.45, 7) is 9.20. The van der Waals surface area contributed by atoms with E-state index in [9.17, 15) is 0 Å². The number of morpholine rings is 1. The number of fused-ring (bicyclic) bond motifs is 1. The largest absolute Gasteiger partial charge is 0.444 e. The highest BCUT2D eigenvalue weighted by Gasteiger charge is 2.32. The van der Waals surface area contributed by atoms with E-state index in [0.29, 0.717) is 18.5 Å². The van der Waals surface area contributed by atoms with Gasteiger partial charge in [-0.1, -0.05) is 17.7 Å². The molecule has 2 aromatic rings. The lowest BCUT2D eigenvalue weighted by Crippen LogP contribution is -2.51. The highest BCUT2D eigenvalue weighted by molar-refractivity contribution is 14.0. The first kappa shape index (κ1) is 23.0. The van der Waals surface area contributed by atoms with E-state index in [4.69, 9.17) is 9.15 Å². The zero-order chi connectivity index (χ0) is 20.1. The van der Waals surface area contributed by atoms with Crippen molar-refractivity contribution in [3.63, 3.8) is 0 Å². The summed E-state index contributed by atoms with van der Waals surface area (Å²) < 4.78 is 11.7.